The van der Waals surface area contributed by atoms with Crippen LogP contribution in [0.4, 0.5) is 0 Å². The second kappa shape index (κ2) is 4.18. The Bertz CT molecular complexity index is 350. The molecule has 4 nitrogen and oxygen atoms in total. The molecule has 1 aliphatic heterocycles. The summed E-state index contributed by atoms with van der Waals surface area (Å²) >= 11 is 0. The van der Waals surface area contributed by atoms with E-state index in [2.05, 4.69) is 41.9 Å². The third-order valence-electron chi connectivity index (χ3n) is 3.10. The average Bonchev–Trinajstić information content (AvgIpc) is 2.74. The number of likely N-dealkylation sites (tertiary alicyclic amines) is 1. The van der Waals surface area contributed by atoms with E-state index in [1.54, 1.807) is 0 Å². The molecule has 0 saturated carbocycles. The van der Waals surface area contributed by atoms with Crippen molar-refractivity contribution in [2.45, 2.75) is 45.2 Å². The summed E-state index contributed by atoms with van der Waals surface area (Å²) in [6.45, 7) is 9.59. The highest BCUT2D eigenvalue weighted by molar-refractivity contribution is 5.16. The Hall–Kier alpha value is -0.870. The minimum Gasteiger partial charge on any atom is -0.326 e. The summed E-state index contributed by atoms with van der Waals surface area (Å²) in [5.41, 5.74) is 8.33. The predicted octanol–water partition coefficient (Wildman–Crippen LogP) is 1.24. The van der Waals surface area contributed by atoms with E-state index in [4.69, 9.17) is 5.73 Å². The molecule has 0 spiro atoms. The molecule has 1 aromatic heterocycles. The molecule has 1 atom stereocenters. The van der Waals surface area contributed by atoms with Crippen molar-refractivity contribution >= 4 is 0 Å². The van der Waals surface area contributed by atoms with E-state index in [-0.39, 0.29) is 5.41 Å². The van der Waals surface area contributed by atoms with Crippen LogP contribution in [0, 0.1) is 0 Å². The summed E-state index contributed by atoms with van der Waals surface area (Å²) in [5.74, 6) is 0. The van der Waals surface area contributed by atoms with Gasteiger partial charge in [-0.2, -0.15) is 5.10 Å². The fraction of sp³-hybridized carbons (Fsp3) is 0.750. The van der Waals surface area contributed by atoms with Gasteiger partial charge in [0.1, 0.15) is 0 Å². The maximum absolute atomic E-state index is 5.89. The number of nitrogens with zero attached hydrogens (tertiary/aromatic N) is 2. The van der Waals surface area contributed by atoms with Crippen LogP contribution in [0.15, 0.2) is 6.07 Å². The van der Waals surface area contributed by atoms with Gasteiger partial charge in [-0.1, -0.05) is 20.8 Å². The minimum absolute atomic E-state index is 0.121. The lowest BCUT2D eigenvalue weighted by atomic mass is 9.92. The number of aromatic nitrogens is 2. The predicted molar refractivity (Wildman–Crippen MR) is 65.2 cm³/mol. The summed E-state index contributed by atoms with van der Waals surface area (Å²) in [6, 6.07) is 2.52. The molecular formula is C12H22N4. The van der Waals surface area contributed by atoms with Crippen LogP contribution in [0.25, 0.3) is 0 Å². The van der Waals surface area contributed by atoms with Crippen LogP contribution in [0.5, 0.6) is 0 Å². The molecule has 0 radical (unpaired) electrons. The lowest BCUT2D eigenvalue weighted by Crippen LogP contribution is -2.26. The summed E-state index contributed by atoms with van der Waals surface area (Å²) in [6.07, 6.45) is 1.11. The van der Waals surface area contributed by atoms with Crippen LogP contribution < -0.4 is 5.73 Å². The van der Waals surface area contributed by atoms with E-state index < -0.39 is 0 Å². The van der Waals surface area contributed by atoms with Gasteiger partial charge in [0.25, 0.3) is 0 Å². The number of nitrogens with two attached hydrogens (primary N) is 1. The first-order valence-electron chi connectivity index (χ1n) is 5.98. The smallest absolute Gasteiger partial charge is 0.0678 e. The van der Waals surface area contributed by atoms with E-state index in [0.717, 1.165) is 31.7 Å². The Morgan fingerprint density at radius 2 is 2.31 bits per heavy atom. The van der Waals surface area contributed by atoms with Gasteiger partial charge in [0.05, 0.1) is 5.69 Å². The zero-order valence-corrected chi connectivity index (χ0v) is 10.5. The molecule has 0 unspecified atom stereocenters. The van der Waals surface area contributed by atoms with Crippen molar-refractivity contribution in [3.05, 3.63) is 17.5 Å². The lowest BCUT2D eigenvalue weighted by Gasteiger charge is -2.14. The van der Waals surface area contributed by atoms with Gasteiger partial charge in [-0.15, -0.1) is 0 Å². The van der Waals surface area contributed by atoms with Gasteiger partial charge in [0.15, 0.2) is 0 Å². The van der Waals surface area contributed by atoms with Crippen LogP contribution in [0.1, 0.15) is 38.6 Å². The van der Waals surface area contributed by atoms with E-state index in [1.807, 2.05) is 0 Å². The first kappa shape index (κ1) is 11.6. The molecule has 1 aromatic rings. The van der Waals surface area contributed by atoms with Crippen molar-refractivity contribution in [2.24, 2.45) is 5.73 Å². The highest BCUT2D eigenvalue weighted by atomic mass is 15.2. The lowest BCUT2D eigenvalue weighted by molar-refractivity contribution is 0.322. The molecular weight excluding hydrogens is 200 g/mol. The van der Waals surface area contributed by atoms with Crippen molar-refractivity contribution in [3.63, 3.8) is 0 Å². The highest BCUT2D eigenvalue weighted by Gasteiger charge is 2.21. The van der Waals surface area contributed by atoms with Gasteiger partial charge in [0.2, 0.25) is 0 Å². The average molecular weight is 222 g/mol. The second-order valence-corrected chi connectivity index (χ2v) is 5.81. The molecule has 90 valence electrons. The van der Waals surface area contributed by atoms with E-state index in [1.165, 1.54) is 5.69 Å². The van der Waals surface area contributed by atoms with Crippen molar-refractivity contribution < 1.29 is 0 Å². The third kappa shape index (κ3) is 2.62. The molecule has 16 heavy (non-hydrogen) atoms. The van der Waals surface area contributed by atoms with Gasteiger partial charge in [-0.25, -0.2) is 0 Å². The molecule has 4 heteroatoms. The Kier molecular flexibility index (Phi) is 3.04. The van der Waals surface area contributed by atoms with Crippen LogP contribution in [0.3, 0.4) is 0 Å². The quantitative estimate of drug-likeness (QED) is 0.791. The standard InChI is InChI=1S/C12H22N4/c1-12(2,3)11-6-10(14-15-11)8-16-5-4-9(13)7-16/h6,9H,4-5,7-8,13H2,1-3H3,(H,14,15)/t9-/m1/s1. The summed E-state index contributed by atoms with van der Waals surface area (Å²) in [4.78, 5) is 2.38. The first-order valence-corrected chi connectivity index (χ1v) is 5.98. The van der Waals surface area contributed by atoms with Crippen LogP contribution >= 0.6 is 0 Å². The molecule has 2 heterocycles. The van der Waals surface area contributed by atoms with E-state index in [9.17, 15) is 0 Å². The van der Waals surface area contributed by atoms with Crippen LogP contribution in [-0.2, 0) is 12.0 Å². The Morgan fingerprint density at radius 1 is 1.56 bits per heavy atom. The Labute approximate surface area is 97.2 Å². The summed E-state index contributed by atoms with van der Waals surface area (Å²) < 4.78 is 0. The third-order valence-corrected chi connectivity index (χ3v) is 3.10. The normalized spacial score (nSPS) is 22.9. The number of hydrogen-bond acceptors (Lipinski definition) is 3. The molecule has 1 fully saturated rings. The Morgan fingerprint density at radius 3 is 2.81 bits per heavy atom. The SMILES string of the molecule is CC(C)(C)c1cc(CN2CC[C@@H](N)C2)[nH]n1. The van der Waals surface area contributed by atoms with Crippen LogP contribution in [0.2, 0.25) is 0 Å². The van der Waals surface area contributed by atoms with Crippen LogP contribution in [-0.4, -0.2) is 34.2 Å². The number of hydrogen-bond donors (Lipinski definition) is 2. The summed E-state index contributed by atoms with van der Waals surface area (Å²) in [7, 11) is 0. The molecule has 2 rings (SSSR count). The Balaban J connectivity index is 1.98. The number of H-pyrrole nitrogens is 1. The molecule has 0 bridgehead atoms. The largest absolute Gasteiger partial charge is 0.326 e. The molecule has 0 aromatic carbocycles. The molecule has 3 N–H and O–H groups in total. The van der Waals surface area contributed by atoms with Gasteiger partial charge in [-0.05, 0) is 12.5 Å². The molecule has 0 aliphatic carbocycles. The van der Waals surface area contributed by atoms with Gasteiger partial charge < -0.3 is 5.73 Å². The van der Waals surface area contributed by atoms with Gasteiger partial charge in [-0.3, -0.25) is 10.00 Å². The summed E-state index contributed by atoms with van der Waals surface area (Å²) in [5, 5.41) is 7.49. The van der Waals surface area contributed by atoms with E-state index >= 15 is 0 Å². The van der Waals surface area contributed by atoms with Gasteiger partial charge in [0, 0.05) is 36.8 Å². The highest BCUT2D eigenvalue weighted by Crippen LogP contribution is 2.21. The second-order valence-electron chi connectivity index (χ2n) is 5.81. The molecule has 1 aliphatic rings. The molecule has 1 saturated heterocycles. The monoisotopic (exact) mass is 222 g/mol. The first-order chi connectivity index (χ1) is 7.45. The maximum Gasteiger partial charge on any atom is 0.0678 e. The number of aromatic amines is 1. The number of nitrogens with one attached hydrogen (secondary N) is 1. The zero-order valence-electron chi connectivity index (χ0n) is 10.5. The van der Waals surface area contributed by atoms with Crippen molar-refractivity contribution in [1.29, 1.82) is 0 Å². The van der Waals surface area contributed by atoms with Crippen molar-refractivity contribution in [2.75, 3.05) is 13.1 Å². The zero-order chi connectivity index (χ0) is 11.8. The number of rotatable bonds is 2. The maximum atomic E-state index is 5.89. The fourth-order valence-electron chi connectivity index (χ4n) is 2.07. The molecule has 0 amide bonds. The van der Waals surface area contributed by atoms with Crippen molar-refractivity contribution in [1.82, 2.24) is 15.1 Å². The van der Waals surface area contributed by atoms with Gasteiger partial charge >= 0.3 is 0 Å². The fourth-order valence-corrected chi connectivity index (χ4v) is 2.07. The minimum atomic E-state index is 0.121. The van der Waals surface area contributed by atoms with E-state index in [0.29, 0.717) is 6.04 Å². The topological polar surface area (TPSA) is 57.9 Å². The van der Waals surface area contributed by atoms with Crippen molar-refractivity contribution in [3.8, 4) is 0 Å².